The van der Waals surface area contributed by atoms with E-state index in [-0.39, 0.29) is 13.2 Å². The molecule has 7 heteroatoms. The van der Waals surface area contributed by atoms with Crippen LogP contribution in [0.1, 0.15) is 18.6 Å². The van der Waals surface area contributed by atoms with Gasteiger partial charge in [-0.1, -0.05) is 0 Å². The molecule has 6 nitrogen and oxygen atoms in total. The molecule has 1 aromatic rings. The highest BCUT2D eigenvalue weighted by Gasteiger charge is 2.28. The standard InChI is InChI=1S/C9H14N2O4P/c1-3-14-16(13,15-4-2)7-9(12)11-6-5-10-8-11/h5-8H,3-4H2,1-2H3. The zero-order valence-electron chi connectivity index (χ0n) is 9.20. The lowest BCUT2D eigenvalue weighted by molar-refractivity contribution is 0.0952. The van der Waals surface area contributed by atoms with Gasteiger partial charge in [-0.05, 0) is 13.8 Å². The van der Waals surface area contributed by atoms with Crippen LogP contribution in [0.3, 0.4) is 0 Å². The second-order valence-electron chi connectivity index (χ2n) is 2.81. The summed E-state index contributed by atoms with van der Waals surface area (Å²) in [4.78, 5) is 15.3. The number of hydrogen-bond donors (Lipinski definition) is 0. The van der Waals surface area contributed by atoms with Crippen LogP contribution < -0.4 is 0 Å². The van der Waals surface area contributed by atoms with E-state index in [0.29, 0.717) is 0 Å². The molecule has 0 saturated carbocycles. The molecule has 0 spiro atoms. The van der Waals surface area contributed by atoms with Crippen LogP contribution in [0.25, 0.3) is 0 Å². The number of aromatic nitrogens is 2. The molecule has 1 radical (unpaired) electrons. The summed E-state index contributed by atoms with van der Waals surface area (Å²) < 4.78 is 23.1. The van der Waals surface area contributed by atoms with Crippen molar-refractivity contribution in [2.75, 3.05) is 13.2 Å². The van der Waals surface area contributed by atoms with E-state index in [2.05, 4.69) is 4.98 Å². The van der Waals surface area contributed by atoms with E-state index < -0.39 is 13.5 Å². The second kappa shape index (κ2) is 5.94. The van der Waals surface area contributed by atoms with Crippen LogP contribution >= 0.6 is 7.60 Å². The van der Waals surface area contributed by atoms with Crippen LogP contribution in [0.4, 0.5) is 0 Å². The third-order valence-electron chi connectivity index (χ3n) is 1.65. The van der Waals surface area contributed by atoms with Crippen molar-refractivity contribution in [3.63, 3.8) is 0 Å². The molecular formula is C9H14N2O4P. The molecular weight excluding hydrogens is 231 g/mol. The fourth-order valence-electron chi connectivity index (χ4n) is 1.06. The Balaban J connectivity index is 2.69. The maximum absolute atomic E-state index is 12.0. The summed E-state index contributed by atoms with van der Waals surface area (Å²) in [5.74, 6) is -0.484. The van der Waals surface area contributed by atoms with E-state index in [4.69, 9.17) is 9.05 Å². The fourth-order valence-corrected chi connectivity index (χ4v) is 2.41. The lowest BCUT2D eigenvalue weighted by Gasteiger charge is -2.15. The Morgan fingerprint density at radius 1 is 1.44 bits per heavy atom. The summed E-state index contributed by atoms with van der Waals surface area (Å²) in [6.07, 6.45) is 5.20. The molecule has 0 N–H and O–H groups in total. The molecule has 1 aromatic heterocycles. The molecule has 0 aliphatic carbocycles. The van der Waals surface area contributed by atoms with Gasteiger partial charge in [0.25, 0.3) is 0 Å². The highest BCUT2D eigenvalue weighted by atomic mass is 31.2. The monoisotopic (exact) mass is 245 g/mol. The average molecular weight is 245 g/mol. The Labute approximate surface area is 94.1 Å². The van der Waals surface area contributed by atoms with Gasteiger partial charge < -0.3 is 9.05 Å². The molecule has 16 heavy (non-hydrogen) atoms. The Hall–Kier alpha value is -0.970. The molecule has 0 unspecified atom stereocenters. The minimum absolute atomic E-state index is 0.213. The summed E-state index contributed by atoms with van der Waals surface area (Å²) >= 11 is 0. The van der Waals surface area contributed by atoms with E-state index in [1.165, 1.54) is 23.3 Å². The summed E-state index contributed by atoms with van der Waals surface area (Å²) in [5.41, 5.74) is 0. The van der Waals surface area contributed by atoms with Crippen molar-refractivity contribution < 1.29 is 18.4 Å². The molecule has 0 fully saturated rings. The van der Waals surface area contributed by atoms with Crippen LogP contribution in [-0.4, -0.2) is 28.7 Å². The first-order chi connectivity index (χ1) is 7.61. The predicted octanol–water partition coefficient (Wildman–Crippen LogP) is 1.95. The first-order valence-electron chi connectivity index (χ1n) is 4.88. The van der Waals surface area contributed by atoms with E-state index in [1.807, 2.05) is 0 Å². The minimum Gasteiger partial charge on any atom is -0.308 e. The van der Waals surface area contributed by atoms with Gasteiger partial charge in [-0.2, -0.15) is 0 Å². The van der Waals surface area contributed by atoms with E-state index in [9.17, 15) is 9.36 Å². The lowest BCUT2D eigenvalue weighted by Crippen LogP contribution is -2.11. The van der Waals surface area contributed by atoms with Gasteiger partial charge in [-0.15, -0.1) is 0 Å². The van der Waals surface area contributed by atoms with Gasteiger partial charge in [-0.25, -0.2) is 4.98 Å². The number of rotatable bonds is 6. The lowest BCUT2D eigenvalue weighted by atomic mass is 10.7. The van der Waals surface area contributed by atoms with Crippen LogP contribution in [0, 0.1) is 6.16 Å². The molecule has 0 bridgehead atoms. The smallest absolute Gasteiger partial charge is 0.308 e. The van der Waals surface area contributed by atoms with Gasteiger partial charge in [0.2, 0.25) is 5.91 Å². The molecule has 0 amide bonds. The number of carbonyl (C=O) groups excluding carboxylic acids is 1. The number of carbonyl (C=O) groups is 1. The average Bonchev–Trinajstić information content (AvgIpc) is 2.70. The van der Waals surface area contributed by atoms with Crippen molar-refractivity contribution >= 4 is 13.5 Å². The fraction of sp³-hybridized carbons (Fsp3) is 0.444. The van der Waals surface area contributed by atoms with Crippen molar-refractivity contribution in [3.8, 4) is 0 Å². The molecule has 0 saturated heterocycles. The topological polar surface area (TPSA) is 70.4 Å². The zero-order valence-corrected chi connectivity index (χ0v) is 10.1. The highest BCUT2D eigenvalue weighted by Crippen LogP contribution is 2.51. The largest absolute Gasteiger partial charge is 0.344 e. The van der Waals surface area contributed by atoms with Gasteiger partial charge in [0, 0.05) is 12.4 Å². The summed E-state index contributed by atoms with van der Waals surface area (Å²) in [6, 6.07) is 0. The van der Waals surface area contributed by atoms with Crippen molar-refractivity contribution in [1.29, 1.82) is 0 Å². The van der Waals surface area contributed by atoms with Gasteiger partial charge in [0.05, 0.1) is 13.2 Å². The minimum atomic E-state index is -3.44. The van der Waals surface area contributed by atoms with Crippen LogP contribution in [0.5, 0.6) is 0 Å². The van der Waals surface area contributed by atoms with Crippen molar-refractivity contribution in [1.82, 2.24) is 9.55 Å². The predicted molar refractivity (Wildman–Crippen MR) is 58.0 cm³/mol. The molecule has 0 atom stereocenters. The van der Waals surface area contributed by atoms with Gasteiger partial charge in [-0.3, -0.25) is 13.9 Å². The Morgan fingerprint density at radius 2 is 2.06 bits per heavy atom. The van der Waals surface area contributed by atoms with Crippen molar-refractivity contribution in [2.24, 2.45) is 0 Å². The molecule has 0 aliphatic rings. The SMILES string of the molecule is CCOP(=O)([CH]C(=O)n1ccnc1)OCC. The van der Waals surface area contributed by atoms with Crippen molar-refractivity contribution in [2.45, 2.75) is 13.8 Å². The number of hydrogen-bond acceptors (Lipinski definition) is 5. The third-order valence-corrected chi connectivity index (χ3v) is 3.42. The molecule has 1 rings (SSSR count). The third kappa shape index (κ3) is 3.56. The molecule has 0 aromatic carbocycles. The van der Waals surface area contributed by atoms with E-state index in [0.717, 1.165) is 6.16 Å². The van der Waals surface area contributed by atoms with Gasteiger partial charge >= 0.3 is 7.60 Å². The normalized spacial score (nSPS) is 11.6. The Morgan fingerprint density at radius 3 is 2.50 bits per heavy atom. The first-order valence-corrected chi connectivity index (χ1v) is 6.49. The molecule has 89 valence electrons. The quantitative estimate of drug-likeness (QED) is 0.716. The second-order valence-corrected chi connectivity index (χ2v) is 4.67. The Kier molecular flexibility index (Phi) is 4.86. The van der Waals surface area contributed by atoms with Crippen LogP contribution in [0.2, 0.25) is 0 Å². The summed E-state index contributed by atoms with van der Waals surface area (Å²) in [5, 5.41) is 0. The highest BCUT2D eigenvalue weighted by molar-refractivity contribution is 7.57. The van der Waals surface area contributed by atoms with Crippen molar-refractivity contribution in [3.05, 3.63) is 24.9 Å². The molecule has 1 heterocycles. The summed E-state index contributed by atoms with van der Waals surface area (Å²) in [7, 11) is -3.44. The van der Waals surface area contributed by atoms with Crippen LogP contribution in [-0.2, 0) is 13.6 Å². The summed E-state index contributed by atoms with van der Waals surface area (Å²) in [6.45, 7) is 3.79. The van der Waals surface area contributed by atoms with E-state index >= 15 is 0 Å². The maximum Gasteiger partial charge on any atom is 0.344 e. The maximum atomic E-state index is 12.0. The Bertz CT molecular complexity index is 367. The molecule has 0 aliphatic heterocycles. The number of imidazole rings is 1. The number of nitrogens with zero attached hydrogens (tertiary/aromatic N) is 2. The zero-order chi connectivity index (χ0) is 12.0. The van der Waals surface area contributed by atoms with Crippen LogP contribution in [0.15, 0.2) is 18.7 Å². The first kappa shape index (κ1) is 13.1. The van der Waals surface area contributed by atoms with Gasteiger partial charge in [0.15, 0.2) is 6.16 Å². The van der Waals surface area contributed by atoms with E-state index in [1.54, 1.807) is 13.8 Å². The van der Waals surface area contributed by atoms with Gasteiger partial charge in [0.1, 0.15) is 6.33 Å².